The summed E-state index contributed by atoms with van der Waals surface area (Å²) in [4.78, 5) is 16.9. The molecule has 0 spiro atoms. The average Bonchev–Trinajstić information content (AvgIpc) is 2.72. The molecular formula is C24H30N2O2. The molecule has 4 nitrogen and oxygen atoms in total. The van der Waals surface area contributed by atoms with Crippen LogP contribution in [0, 0.1) is 16.7 Å². The Balaban J connectivity index is 1.98. The average molecular weight is 379 g/mol. The molecular weight excluding hydrogens is 348 g/mol. The quantitative estimate of drug-likeness (QED) is 0.284. The predicted octanol–water partition coefficient (Wildman–Crippen LogP) is 6.11. The summed E-state index contributed by atoms with van der Waals surface area (Å²) in [5.74, 6) is -0.0611. The number of carbonyl (C=O) groups excluding carboxylic acids is 1. The van der Waals surface area contributed by atoms with E-state index in [1.165, 1.54) is 31.2 Å². The summed E-state index contributed by atoms with van der Waals surface area (Å²) in [5, 5.41) is 9.30. The van der Waals surface area contributed by atoms with Crippen LogP contribution >= 0.6 is 0 Å². The molecule has 1 atom stereocenters. The first kappa shape index (κ1) is 21.6. The fourth-order valence-corrected chi connectivity index (χ4v) is 3.12. The van der Waals surface area contributed by atoms with Crippen LogP contribution < -0.4 is 4.74 Å². The molecule has 0 aliphatic carbocycles. The van der Waals surface area contributed by atoms with Crippen molar-refractivity contribution in [2.24, 2.45) is 5.41 Å². The van der Waals surface area contributed by atoms with Gasteiger partial charge in [0.15, 0.2) is 5.41 Å². The SMILES string of the molecule is CCCCCCc1ccc(-c2ccc(OC(=O)C(C)(C#N)CCC)cc2)nc1. The number of hydrogen-bond acceptors (Lipinski definition) is 4. The minimum Gasteiger partial charge on any atom is -0.425 e. The largest absolute Gasteiger partial charge is 0.425 e. The third kappa shape index (κ3) is 5.92. The van der Waals surface area contributed by atoms with Crippen molar-refractivity contribution in [3.05, 3.63) is 48.2 Å². The summed E-state index contributed by atoms with van der Waals surface area (Å²) in [5.41, 5.74) is 2.01. The van der Waals surface area contributed by atoms with Crippen LogP contribution in [0.2, 0.25) is 0 Å². The van der Waals surface area contributed by atoms with Gasteiger partial charge in [0.25, 0.3) is 0 Å². The van der Waals surface area contributed by atoms with Crippen LogP contribution in [0.4, 0.5) is 0 Å². The van der Waals surface area contributed by atoms with E-state index in [1.807, 2.05) is 31.3 Å². The summed E-state index contributed by atoms with van der Waals surface area (Å²) in [7, 11) is 0. The third-order valence-corrected chi connectivity index (χ3v) is 4.95. The van der Waals surface area contributed by atoms with E-state index in [1.54, 1.807) is 19.1 Å². The van der Waals surface area contributed by atoms with E-state index in [4.69, 9.17) is 4.74 Å². The molecule has 0 radical (unpaired) electrons. The van der Waals surface area contributed by atoms with Crippen molar-refractivity contribution in [3.63, 3.8) is 0 Å². The van der Waals surface area contributed by atoms with E-state index in [2.05, 4.69) is 24.0 Å². The van der Waals surface area contributed by atoms with Gasteiger partial charge in [-0.05, 0) is 62.1 Å². The highest BCUT2D eigenvalue weighted by atomic mass is 16.5. The third-order valence-electron chi connectivity index (χ3n) is 4.95. The molecule has 0 amide bonds. The minimum atomic E-state index is -1.11. The molecule has 1 heterocycles. The molecule has 1 aromatic carbocycles. The topological polar surface area (TPSA) is 63.0 Å². The highest BCUT2D eigenvalue weighted by Gasteiger charge is 2.34. The molecule has 4 heteroatoms. The number of aryl methyl sites for hydroxylation is 1. The standard InChI is InChI=1S/C24H30N2O2/c1-4-6-7-8-9-19-10-15-22(26-17-19)20-11-13-21(14-12-20)28-23(27)24(3,18-25)16-5-2/h10-15,17H,4-9,16H2,1-3H3. The van der Waals surface area contributed by atoms with Crippen molar-refractivity contribution in [2.75, 3.05) is 0 Å². The highest BCUT2D eigenvalue weighted by Crippen LogP contribution is 2.27. The zero-order valence-electron chi connectivity index (χ0n) is 17.2. The normalized spacial score (nSPS) is 12.8. The summed E-state index contributed by atoms with van der Waals surface area (Å²) < 4.78 is 5.42. The first-order valence-corrected chi connectivity index (χ1v) is 10.2. The molecule has 0 fully saturated rings. The van der Waals surface area contributed by atoms with Gasteiger partial charge in [0.2, 0.25) is 0 Å². The lowest BCUT2D eigenvalue weighted by Gasteiger charge is -2.18. The zero-order chi connectivity index (χ0) is 20.4. The second-order valence-electron chi connectivity index (χ2n) is 7.47. The van der Waals surface area contributed by atoms with Gasteiger partial charge in [-0.15, -0.1) is 0 Å². The lowest BCUT2D eigenvalue weighted by Crippen LogP contribution is -2.30. The van der Waals surface area contributed by atoms with Crippen molar-refractivity contribution >= 4 is 5.97 Å². The molecule has 1 aromatic heterocycles. The van der Waals surface area contributed by atoms with E-state index in [-0.39, 0.29) is 0 Å². The molecule has 2 rings (SSSR count). The lowest BCUT2D eigenvalue weighted by atomic mass is 9.87. The van der Waals surface area contributed by atoms with Gasteiger partial charge in [0.1, 0.15) is 5.75 Å². The van der Waals surface area contributed by atoms with Gasteiger partial charge in [-0.3, -0.25) is 4.98 Å². The first-order chi connectivity index (χ1) is 13.5. The van der Waals surface area contributed by atoms with Crippen LogP contribution in [0.3, 0.4) is 0 Å². The molecule has 0 bridgehead atoms. The van der Waals surface area contributed by atoms with Gasteiger partial charge in [-0.2, -0.15) is 5.26 Å². The van der Waals surface area contributed by atoms with Crippen LogP contribution in [-0.4, -0.2) is 11.0 Å². The van der Waals surface area contributed by atoms with E-state index < -0.39 is 11.4 Å². The van der Waals surface area contributed by atoms with Crippen LogP contribution in [0.5, 0.6) is 5.75 Å². The molecule has 0 saturated carbocycles. The molecule has 28 heavy (non-hydrogen) atoms. The second-order valence-corrected chi connectivity index (χ2v) is 7.47. The highest BCUT2D eigenvalue weighted by molar-refractivity contribution is 5.81. The molecule has 2 aromatic rings. The molecule has 0 saturated heterocycles. The van der Waals surface area contributed by atoms with Gasteiger partial charge >= 0.3 is 5.97 Å². The maximum atomic E-state index is 12.3. The molecule has 0 aliphatic heterocycles. The van der Waals surface area contributed by atoms with E-state index >= 15 is 0 Å². The predicted molar refractivity (Wildman–Crippen MR) is 112 cm³/mol. The van der Waals surface area contributed by atoms with Gasteiger partial charge < -0.3 is 4.74 Å². The fourth-order valence-electron chi connectivity index (χ4n) is 3.12. The fraction of sp³-hybridized carbons (Fsp3) is 0.458. The van der Waals surface area contributed by atoms with Crippen LogP contribution in [0.15, 0.2) is 42.6 Å². The maximum Gasteiger partial charge on any atom is 0.331 e. The van der Waals surface area contributed by atoms with E-state index in [9.17, 15) is 10.1 Å². The number of rotatable bonds is 10. The van der Waals surface area contributed by atoms with Crippen molar-refractivity contribution < 1.29 is 9.53 Å². The summed E-state index contributed by atoms with van der Waals surface area (Å²) in [6.45, 7) is 5.79. The smallest absolute Gasteiger partial charge is 0.331 e. The number of nitrogens with zero attached hydrogens (tertiary/aromatic N) is 2. The Labute approximate surface area is 168 Å². The number of nitriles is 1. The van der Waals surface area contributed by atoms with Crippen molar-refractivity contribution in [2.45, 2.75) is 65.7 Å². The van der Waals surface area contributed by atoms with E-state index in [0.717, 1.165) is 24.1 Å². The first-order valence-electron chi connectivity index (χ1n) is 10.2. The van der Waals surface area contributed by atoms with Crippen LogP contribution in [0.25, 0.3) is 11.3 Å². The number of pyridine rings is 1. The number of esters is 1. The minimum absolute atomic E-state index is 0.443. The Hall–Kier alpha value is -2.67. The van der Waals surface area contributed by atoms with Gasteiger partial charge in [0, 0.05) is 11.8 Å². The second kappa shape index (κ2) is 10.6. The summed E-state index contributed by atoms with van der Waals surface area (Å²) in [6.07, 6.45) is 9.24. The number of carbonyl (C=O) groups is 1. The Morgan fingerprint density at radius 1 is 1.07 bits per heavy atom. The van der Waals surface area contributed by atoms with Gasteiger partial charge in [-0.25, -0.2) is 4.79 Å². The Morgan fingerprint density at radius 3 is 2.39 bits per heavy atom. The Kier molecular flexibility index (Phi) is 8.19. The Morgan fingerprint density at radius 2 is 1.82 bits per heavy atom. The van der Waals surface area contributed by atoms with Crippen molar-refractivity contribution in [1.29, 1.82) is 5.26 Å². The molecule has 0 aliphatic rings. The van der Waals surface area contributed by atoms with E-state index in [0.29, 0.717) is 12.2 Å². The molecule has 1 unspecified atom stereocenters. The molecule has 148 valence electrons. The van der Waals surface area contributed by atoms with Crippen LogP contribution in [-0.2, 0) is 11.2 Å². The number of hydrogen-bond donors (Lipinski definition) is 0. The maximum absolute atomic E-state index is 12.3. The molecule has 0 N–H and O–H groups in total. The van der Waals surface area contributed by atoms with Crippen molar-refractivity contribution in [1.82, 2.24) is 4.98 Å². The number of benzene rings is 1. The lowest BCUT2D eigenvalue weighted by molar-refractivity contribution is -0.142. The zero-order valence-corrected chi connectivity index (χ0v) is 17.2. The number of aromatic nitrogens is 1. The Bertz CT molecular complexity index is 791. The monoisotopic (exact) mass is 378 g/mol. The summed E-state index contributed by atoms with van der Waals surface area (Å²) >= 11 is 0. The van der Waals surface area contributed by atoms with Crippen LogP contribution in [0.1, 0.15) is 64.9 Å². The summed E-state index contributed by atoms with van der Waals surface area (Å²) in [6, 6.07) is 13.5. The van der Waals surface area contributed by atoms with Gasteiger partial charge in [-0.1, -0.05) is 45.6 Å². The van der Waals surface area contributed by atoms with Crippen molar-refractivity contribution in [3.8, 4) is 23.1 Å². The van der Waals surface area contributed by atoms with Gasteiger partial charge in [0.05, 0.1) is 11.8 Å². The number of unbranched alkanes of at least 4 members (excludes halogenated alkanes) is 3. The number of ether oxygens (including phenoxy) is 1.